The van der Waals surface area contributed by atoms with Gasteiger partial charge in [0, 0.05) is 36.3 Å². The molecule has 1 unspecified atom stereocenters. The van der Waals surface area contributed by atoms with Crippen molar-refractivity contribution in [3.05, 3.63) is 87.9 Å². The molecule has 3 fully saturated rings. The van der Waals surface area contributed by atoms with Crippen LogP contribution in [0.5, 0.6) is 17.2 Å². The lowest BCUT2D eigenvalue weighted by Gasteiger charge is -2.57. The predicted molar refractivity (Wildman–Crippen MR) is 168 cm³/mol. The van der Waals surface area contributed by atoms with Gasteiger partial charge in [-0.1, -0.05) is 40.9 Å². The van der Waals surface area contributed by atoms with Gasteiger partial charge in [-0.25, -0.2) is 8.78 Å². The Morgan fingerprint density at radius 2 is 1.33 bits per heavy atom. The van der Waals surface area contributed by atoms with Crippen molar-refractivity contribution >= 4 is 52.5 Å². The SMILES string of the molecule is Cc1ccc(OC(=S)OC2CC3(NC(=O)COc4ccc(Cl)c(F)c4)CCC2(NC(=O)COc2ccc(Cl)c(F)c2)CC3)cc1. The third kappa shape index (κ3) is 8.14. The number of ether oxygens (including phenoxy) is 4. The van der Waals surface area contributed by atoms with Gasteiger partial charge in [-0.3, -0.25) is 9.59 Å². The normalized spacial score (nSPS) is 21.8. The van der Waals surface area contributed by atoms with Crippen LogP contribution in [0.2, 0.25) is 10.0 Å². The van der Waals surface area contributed by atoms with E-state index in [4.69, 9.17) is 54.4 Å². The second kappa shape index (κ2) is 13.8. The molecule has 0 radical (unpaired) electrons. The van der Waals surface area contributed by atoms with Crippen molar-refractivity contribution in [2.24, 2.45) is 0 Å². The highest BCUT2D eigenvalue weighted by Crippen LogP contribution is 2.48. The van der Waals surface area contributed by atoms with Crippen molar-refractivity contribution < 1.29 is 37.3 Å². The Balaban J connectivity index is 1.26. The Morgan fingerprint density at radius 3 is 1.87 bits per heavy atom. The molecule has 0 spiro atoms. The van der Waals surface area contributed by atoms with Crippen molar-refractivity contribution in [1.29, 1.82) is 0 Å². The van der Waals surface area contributed by atoms with Gasteiger partial charge in [0.05, 0.1) is 15.6 Å². The Kier molecular flexibility index (Phi) is 10.0. The largest absolute Gasteiger partial charge is 0.484 e. The standard InChI is InChI=1S/C32H30Cl2F2N2O6S/c1-19-2-4-20(5-3-19)43-30(45)44-27-16-31(37-28(39)17-41-21-6-8-23(33)25(35)14-21)10-12-32(27,13-11-31)38-29(40)18-42-22-7-9-24(34)26(36)15-22/h2-9,14-15,27H,10-13,16-18H2,1H3,(H,37,39)(H,38,40). The maximum Gasteiger partial charge on any atom is 0.358 e. The van der Waals surface area contributed by atoms with E-state index in [-0.39, 0.29) is 40.0 Å². The van der Waals surface area contributed by atoms with Crippen LogP contribution in [0.1, 0.15) is 37.7 Å². The molecule has 1 atom stereocenters. The van der Waals surface area contributed by atoms with Crippen LogP contribution in [0, 0.1) is 18.6 Å². The van der Waals surface area contributed by atoms with Gasteiger partial charge >= 0.3 is 5.24 Å². The summed E-state index contributed by atoms with van der Waals surface area (Å²) in [5.41, 5.74) is -0.456. The van der Waals surface area contributed by atoms with Crippen LogP contribution in [-0.4, -0.2) is 47.4 Å². The first kappa shape index (κ1) is 32.7. The zero-order chi connectivity index (χ0) is 32.2. The molecule has 6 rings (SSSR count). The fraction of sp³-hybridized carbons (Fsp3) is 0.344. The van der Waals surface area contributed by atoms with Crippen molar-refractivity contribution in [2.75, 3.05) is 13.2 Å². The minimum Gasteiger partial charge on any atom is -0.484 e. The Labute approximate surface area is 274 Å². The summed E-state index contributed by atoms with van der Waals surface area (Å²) in [7, 11) is 0. The topological polar surface area (TPSA) is 95.1 Å². The molecular formula is C32H30Cl2F2N2O6S. The lowest BCUT2D eigenvalue weighted by atomic mass is 9.59. The number of hydrogen-bond acceptors (Lipinski definition) is 7. The van der Waals surface area contributed by atoms with Gasteiger partial charge in [0.2, 0.25) is 0 Å². The number of amides is 2. The summed E-state index contributed by atoms with van der Waals surface area (Å²) in [6, 6.07) is 15.1. The number of aryl methyl sites for hydroxylation is 1. The third-order valence-electron chi connectivity index (χ3n) is 8.07. The molecule has 13 heteroatoms. The van der Waals surface area contributed by atoms with E-state index < -0.39 is 40.6 Å². The van der Waals surface area contributed by atoms with E-state index in [1.165, 1.54) is 24.3 Å². The Hall–Kier alpha value is -3.67. The zero-order valence-corrected chi connectivity index (χ0v) is 26.5. The van der Waals surface area contributed by atoms with Crippen molar-refractivity contribution in [3.63, 3.8) is 0 Å². The molecule has 8 nitrogen and oxygen atoms in total. The lowest BCUT2D eigenvalue weighted by molar-refractivity contribution is -0.136. The van der Waals surface area contributed by atoms with Crippen LogP contribution in [0.4, 0.5) is 8.78 Å². The van der Waals surface area contributed by atoms with Crippen LogP contribution in [0.3, 0.4) is 0 Å². The minimum atomic E-state index is -0.837. The van der Waals surface area contributed by atoms with Crippen LogP contribution in [0.15, 0.2) is 60.7 Å². The molecule has 238 valence electrons. The summed E-state index contributed by atoms with van der Waals surface area (Å²) in [4.78, 5) is 26.1. The number of halogens is 4. The fourth-order valence-electron chi connectivity index (χ4n) is 5.71. The molecule has 3 aromatic carbocycles. The van der Waals surface area contributed by atoms with E-state index in [9.17, 15) is 18.4 Å². The molecule has 0 aromatic heterocycles. The van der Waals surface area contributed by atoms with E-state index in [2.05, 4.69) is 10.6 Å². The third-order valence-corrected chi connectivity index (χ3v) is 8.86. The molecule has 0 aliphatic heterocycles. The number of benzene rings is 3. The van der Waals surface area contributed by atoms with Crippen molar-refractivity contribution in [3.8, 4) is 17.2 Å². The minimum absolute atomic E-state index is 0.0496. The van der Waals surface area contributed by atoms with E-state index in [0.717, 1.165) is 17.7 Å². The highest BCUT2D eigenvalue weighted by atomic mass is 35.5. The maximum atomic E-state index is 13.8. The van der Waals surface area contributed by atoms with E-state index in [1.807, 2.05) is 19.1 Å². The fourth-order valence-corrected chi connectivity index (χ4v) is 6.15. The Bertz CT molecular complexity index is 1580. The predicted octanol–water partition coefficient (Wildman–Crippen LogP) is 6.47. The molecule has 2 amide bonds. The van der Waals surface area contributed by atoms with Gasteiger partial charge in [-0.2, -0.15) is 0 Å². The lowest BCUT2D eigenvalue weighted by Crippen LogP contribution is -2.71. The quantitative estimate of drug-likeness (QED) is 0.237. The van der Waals surface area contributed by atoms with E-state index in [1.54, 1.807) is 12.1 Å². The molecule has 3 aromatic rings. The number of rotatable bonds is 10. The summed E-state index contributed by atoms with van der Waals surface area (Å²) in [6.07, 6.45) is 1.62. The van der Waals surface area contributed by atoms with E-state index >= 15 is 0 Å². The van der Waals surface area contributed by atoms with Crippen molar-refractivity contribution in [1.82, 2.24) is 10.6 Å². The summed E-state index contributed by atoms with van der Waals surface area (Å²) in [6.45, 7) is 1.24. The molecular weight excluding hydrogens is 649 g/mol. The van der Waals surface area contributed by atoms with Crippen molar-refractivity contribution in [2.45, 2.75) is 56.2 Å². The monoisotopic (exact) mass is 678 g/mol. The molecule has 3 aliphatic rings. The van der Waals surface area contributed by atoms with Gasteiger partial charge in [0.1, 0.15) is 35.0 Å². The van der Waals surface area contributed by atoms with Gasteiger partial charge in [0.15, 0.2) is 13.2 Å². The average molecular weight is 680 g/mol. The first-order valence-electron chi connectivity index (χ1n) is 14.2. The molecule has 45 heavy (non-hydrogen) atoms. The zero-order valence-electron chi connectivity index (χ0n) is 24.2. The van der Waals surface area contributed by atoms with Crippen LogP contribution < -0.4 is 24.8 Å². The first-order chi connectivity index (χ1) is 21.4. The van der Waals surface area contributed by atoms with Crippen LogP contribution >= 0.6 is 35.4 Å². The summed E-state index contributed by atoms with van der Waals surface area (Å²) >= 11 is 16.9. The molecule has 3 aliphatic carbocycles. The molecule has 2 N–H and O–H groups in total. The number of hydrogen-bond donors (Lipinski definition) is 2. The summed E-state index contributed by atoms with van der Waals surface area (Å²) < 4.78 is 50.5. The maximum absolute atomic E-state index is 13.8. The number of carbonyl (C=O) groups excluding carboxylic acids is 2. The van der Waals surface area contributed by atoms with Gasteiger partial charge in [-0.15, -0.1) is 0 Å². The highest BCUT2D eigenvalue weighted by Gasteiger charge is 2.57. The Morgan fingerprint density at radius 1 is 0.822 bits per heavy atom. The van der Waals surface area contributed by atoms with E-state index in [0.29, 0.717) is 37.9 Å². The van der Waals surface area contributed by atoms with Gasteiger partial charge < -0.3 is 29.6 Å². The number of thiocarbonyl (C=S) groups is 1. The second-order valence-corrected chi connectivity index (χ2v) is 12.4. The van der Waals surface area contributed by atoms with Crippen LogP contribution in [0.25, 0.3) is 0 Å². The smallest absolute Gasteiger partial charge is 0.358 e. The molecule has 2 bridgehead atoms. The number of carbonyl (C=O) groups is 2. The molecule has 3 saturated carbocycles. The highest BCUT2D eigenvalue weighted by molar-refractivity contribution is 7.79. The first-order valence-corrected chi connectivity index (χ1v) is 15.3. The second-order valence-electron chi connectivity index (χ2n) is 11.2. The number of nitrogens with one attached hydrogen (secondary N) is 2. The molecule has 0 heterocycles. The van der Waals surface area contributed by atoms with Gasteiger partial charge in [-0.05, 0) is 69.0 Å². The van der Waals surface area contributed by atoms with Crippen LogP contribution in [-0.2, 0) is 14.3 Å². The summed E-state index contributed by atoms with van der Waals surface area (Å²) in [5.74, 6) is -1.33. The molecule has 0 saturated heterocycles. The van der Waals surface area contributed by atoms with Gasteiger partial charge in [0.25, 0.3) is 11.8 Å². The average Bonchev–Trinajstić information content (AvgIpc) is 3.00. The number of fused-ring (bicyclic) bond motifs is 3. The summed E-state index contributed by atoms with van der Waals surface area (Å²) in [5, 5.41) is 5.90.